The molecule has 8 N–H and O–H groups in total. The van der Waals surface area contributed by atoms with Crippen LogP contribution in [0.3, 0.4) is 0 Å². The van der Waals surface area contributed by atoms with Gasteiger partial charge in [0.25, 0.3) is 0 Å². The number of hydrazone groups is 1. The number of rotatable bonds is 6. The number of fused-ring (bicyclic) bond motifs is 1. The predicted octanol–water partition coefficient (Wildman–Crippen LogP) is -2.13. The molecule has 0 saturated carbocycles. The second kappa shape index (κ2) is 8.48. The van der Waals surface area contributed by atoms with Crippen LogP contribution < -0.4 is 16.4 Å². The summed E-state index contributed by atoms with van der Waals surface area (Å²) in [6.45, 7) is -0.494. The van der Waals surface area contributed by atoms with Gasteiger partial charge in [-0.05, 0) is 17.7 Å². The van der Waals surface area contributed by atoms with Crippen molar-refractivity contribution in [2.75, 3.05) is 17.8 Å². The zero-order valence-corrected chi connectivity index (χ0v) is 15.9. The summed E-state index contributed by atoms with van der Waals surface area (Å²) in [5, 5.41) is 52.9. The number of hydrogen-bond donors (Lipinski definition) is 7. The van der Waals surface area contributed by atoms with Crippen LogP contribution in [0.15, 0.2) is 35.7 Å². The van der Waals surface area contributed by atoms with Gasteiger partial charge in [-0.2, -0.15) is 10.3 Å². The highest BCUT2D eigenvalue weighted by atomic mass is 16.8. The number of nitrogens with one attached hydrogen (secondary N) is 2. The van der Waals surface area contributed by atoms with Crippen LogP contribution in [-0.4, -0.2) is 71.2 Å². The molecule has 31 heavy (non-hydrogen) atoms. The molecule has 164 valence electrons. The molecule has 0 bridgehead atoms. The molecule has 14 heteroatoms. The summed E-state index contributed by atoms with van der Waals surface area (Å²) in [6.07, 6.45) is -2.18. The summed E-state index contributed by atoms with van der Waals surface area (Å²) in [4.78, 5) is 12.3. The van der Waals surface area contributed by atoms with Crippen LogP contribution in [0, 0.1) is 5.21 Å². The van der Waals surface area contributed by atoms with Gasteiger partial charge in [0.2, 0.25) is 5.95 Å². The lowest BCUT2D eigenvalue weighted by atomic mass is 10.1. The van der Waals surface area contributed by atoms with E-state index >= 15 is 0 Å². The molecule has 1 saturated heterocycles. The Hall–Kier alpha value is -3.24. The minimum atomic E-state index is -1.38. The highest BCUT2D eigenvalue weighted by Gasteiger charge is 2.45. The van der Waals surface area contributed by atoms with Crippen molar-refractivity contribution < 1.29 is 30.5 Å². The third-order valence-electron chi connectivity index (χ3n) is 4.81. The minimum absolute atomic E-state index is 0.0896. The zero-order valence-electron chi connectivity index (χ0n) is 15.9. The number of aliphatic hydroxyl groups excluding tert-OH is 3. The summed E-state index contributed by atoms with van der Waals surface area (Å²) in [6, 6.07) is 6.03. The number of anilines is 2. The second-order valence-corrected chi connectivity index (χ2v) is 6.76. The number of nitrogen functional groups attached to an aromatic ring is 1. The third-order valence-corrected chi connectivity index (χ3v) is 4.81. The van der Waals surface area contributed by atoms with Crippen molar-refractivity contribution in [2.24, 2.45) is 5.10 Å². The first-order chi connectivity index (χ1) is 14.9. The fraction of sp³-hybridized carbons (Fsp3) is 0.294. The van der Waals surface area contributed by atoms with Crippen molar-refractivity contribution in [3.05, 3.63) is 41.4 Å². The molecule has 0 radical (unpaired) electrons. The van der Waals surface area contributed by atoms with E-state index in [9.17, 15) is 20.5 Å². The first-order valence-electron chi connectivity index (χ1n) is 9.14. The van der Waals surface area contributed by atoms with E-state index in [4.69, 9.17) is 15.7 Å². The Balaban J connectivity index is 1.66. The fourth-order valence-corrected chi connectivity index (χ4v) is 3.22. The van der Waals surface area contributed by atoms with Gasteiger partial charge in [0.1, 0.15) is 24.6 Å². The average Bonchev–Trinajstić information content (AvgIpc) is 3.26. The van der Waals surface area contributed by atoms with Crippen LogP contribution in [-0.2, 0) is 4.74 Å². The van der Waals surface area contributed by atoms with Crippen LogP contribution in [0.4, 0.5) is 17.5 Å². The Morgan fingerprint density at radius 2 is 2.00 bits per heavy atom. The SMILES string of the molecule is Nc1ncnc2c1nc(NN=Cc1ccc([NH+]([O-])O)cc1)n2C1OC(CO)C(O)C1O. The molecule has 0 spiro atoms. The van der Waals surface area contributed by atoms with Gasteiger partial charge in [-0.3, -0.25) is 4.57 Å². The highest BCUT2D eigenvalue weighted by Crippen LogP contribution is 2.35. The molecule has 1 aliphatic rings. The third kappa shape index (κ3) is 3.91. The zero-order chi connectivity index (χ0) is 22.1. The highest BCUT2D eigenvalue weighted by molar-refractivity contribution is 5.84. The lowest BCUT2D eigenvalue weighted by molar-refractivity contribution is -0.991. The summed E-state index contributed by atoms with van der Waals surface area (Å²) in [5.74, 6) is 0.183. The number of ether oxygens (including phenoxy) is 1. The fourth-order valence-electron chi connectivity index (χ4n) is 3.22. The molecule has 3 aromatic rings. The van der Waals surface area contributed by atoms with Gasteiger partial charge in [-0.15, -0.1) is 0 Å². The lowest BCUT2D eigenvalue weighted by Crippen LogP contribution is -2.99. The van der Waals surface area contributed by atoms with Crippen LogP contribution in [0.2, 0.25) is 0 Å². The van der Waals surface area contributed by atoms with Gasteiger partial charge in [0.05, 0.1) is 12.8 Å². The number of quaternary nitrogens is 1. The van der Waals surface area contributed by atoms with Gasteiger partial charge >= 0.3 is 0 Å². The molecule has 2 aromatic heterocycles. The van der Waals surface area contributed by atoms with Gasteiger partial charge in [-0.25, -0.2) is 25.6 Å². The van der Waals surface area contributed by atoms with Crippen LogP contribution >= 0.6 is 0 Å². The van der Waals surface area contributed by atoms with E-state index in [1.165, 1.54) is 29.2 Å². The maximum absolute atomic E-state index is 10.9. The number of hydrogen-bond acceptors (Lipinski definition) is 12. The number of benzene rings is 1. The van der Waals surface area contributed by atoms with E-state index in [0.717, 1.165) is 0 Å². The monoisotopic (exact) mass is 432 g/mol. The van der Waals surface area contributed by atoms with E-state index in [1.54, 1.807) is 12.1 Å². The van der Waals surface area contributed by atoms with E-state index in [0.29, 0.717) is 5.56 Å². The summed E-state index contributed by atoms with van der Waals surface area (Å²) >= 11 is 0. The molecular weight excluding hydrogens is 412 g/mol. The molecule has 5 atom stereocenters. The molecule has 14 nitrogen and oxygen atoms in total. The Morgan fingerprint density at radius 3 is 2.65 bits per heavy atom. The van der Waals surface area contributed by atoms with Gasteiger partial charge in [0, 0.05) is 12.1 Å². The van der Waals surface area contributed by atoms with E-state index in [2.05, 4.69) is 25.5 Å². The Bertz CT molecular complexity index is 1090. The molecule has 5 unspecified atom stereocenters. The molecule has 3 heterocycles. The normalized spacial score (nSPS) is 24.8. The van der Waals surface area contributed by atoms with Crippen LogP contribution in [0.1, 0.15) is 11.8 Å². The number of aromatic nitrogens is 4. The molecule has 4 rings (SSSR count). The van der Waals surface area contributed by atoms with E-state index in [-0.39, 0.29) is 28.6 Å². The molecule has 0 amide bonds. The number of nitrogens with zero attached hydrogens (tertiary/aromatic N) is 5. The first kappa shape index (κ1) is 21.0. The maximum Gasteiger partial charge on any atom is 0.228 e. The summed E-state index contributed by atoms with van der Waals surface area (Å²) in [5.41, 5.74) is 9.80. The van der Waals surface area contributed by atoms with E-state index < -0.39 is 36.4 Å². The van der Waals surface area contributed by atoms with E-state index in [1.807, 2.05) is 0 Å². The van der Waals surface area contributed by atoms with Crippen LogP contribution in [0.5, 0.6) is 0 Å². The van der Waals surface area contributed by atoms with Crippen molar-refractivity contribution in [2.45, 2.75) is 24.5 Å². The molecule has 1 aromatic carbocycles. The van der Waals surface area contributed by atoms with Gasteiger partial charge in [-0.1, -0.05) is 0 Å². The lowest BCUT2D eigenvalue weighted by Gasteiger charge is -2.18. The maximum atomic E-state index is 10.9. The van der Waals surface area contributed by atoms with Gasteiger partial charge in [0.15, 0.2) is 28.9 Å². The van der Waals surface area contributed by atoms with Gasteiger partial charge < -0.3 is 31.0 Å². The molecule has 1 aliphatic heterocycles. The Morgan fingerprint density at radius 1 is 1.26 bits per heavy atom. The summed E-state index contributed by atoms with van der Waals surface area (Å²) in [7, 11) is 0. The minimum Gasteiger partial charge on any atom is -0.595 e. The molecular formula is C17H20N8O6. The number of imidazole rings is 1. The second-order valence-electron chi connectivity index (χ2n) is 6.76. The molecule has 1 fully saturated rings. The van der Waals surface area contributed by atoms with Crippen LogP contribution in [0.25, 0.3) is 11.2 Å². The Labute approximate surface area is 174 Å². The molecule has 0 aliphatic carbocycles. The number of nitrogens with two attached hydrogens (primary N) is 1. The standard InChI is InChI=1S/C17H20N8O6/c18-14-11-15(20-7-19-14)24(16-13(28)12(27)10(6-26)31-16)17(22-11)23-21-5-8-1-3-9(4-2-8)25(29)30/h1-5,7,10,12-13,16,25-29H,6H2,(H,22,23)(H2,18,19,20). The average molecular weight is 432 g/mol. The topological polar surface area (TPSA) is 212 Å². The van der Waals surface area contributed by atoms with Crippen molar-refractivity contribution in [3.8, 4) is 0 Å². The predicted molar refractivity (Wildman–Crippen MR) is 106 cm³/mol. The number of aliphatic hydroxyl groups is 3. The van der Waals surface area contributed by atoms with Crippen molar-refractivity contribution in [3.63, 3.8) is 0 Å². The quantitative estimate of drug-likeness (QED) is 0.165. The first-order valence-corrected chi connectivity index (χ1v) is 9.14. The van der Waals surface area contributed by atoms with Crippen molar-refractivity contribution in [1.82, 2.24) is 19.5 Å². The summed E-state index contributed by atoms with van der Waals surface area (Å²) < 4.78 is 6.96. The Kier molecular flexibility index (Phi) is 5.75. The van der Waals surface area contributed by atoms with Crippen molar-refractivity contribution >= 4 is 34.8 Å². The largest absolute Gasteiger partial charge is 0.595 e. The van der Waals surface area contributed by atoms with Crippen molar-refractivity contribution in [1.29, 1.82) is 0 Å². The smallest absolute Gasteiger partial charge is 0.228 e.